The lowest BCUT2D eigenvalue weighted by Gasteiger charge is -2.15. The van der Waals surface area contributed by atoms with Crippen LogP contribution in [0.5, 0.6) is 5.75 Å². The molecule has 2 aromatic carbocycles. The summed E-state index contributed by atoms with van der Waals surface area (Å²) >= 11 is 0. The maximum Gasteiger partial charge on any atom is 0.142 e. The number of hydrogen-bond donors (Lipinski definition) is 1. The van der Waals surface area contributed by atoms with Crippen molar-refractivity contribution < 1.29 is 4.74 Å². The van der Waals surface area contributed by atoms with E-state index in [4.69, 9.17) is 4.74 Å². The quantitative estimate of drug-likeness (QED) is 0.810. The summed E-state index contributed by atoms with van der Waals surface area (Å²) in [7, 11) is 0. The summed E-state index contributed by atoms with van der Waals surface area (Å²) in [5.41, 5.74) is 4.95. The molecule has 112 valence electrons. The molecule has 0 spiro atoms. The SMILES string of the molecule is Cc1cc(C)cc(CNc2ccccc2OCC(C)C)c1. The largest absolute Gasteiger partial charge is 0.491 e. The van der Waals surface area contributed by atoms with Crippen LogP contribution in [0.3, 0.4) is 0 Å². The van der Waals surface area contributed by atoms with Gasteiger partial charge >= 0.3 is 0 Å². The third-order valence-corrected chi connectivity index (χ3v) is 3.22. The molecular weight excluding hydrogens is 258 g/mol. The van der Waals surface area contributed by atoms with E-state index in [1.165, 1.54) is 16.7 Å². The second-order valence-electron chi connectivity index (χ2n) is 6.05. The number of rotatable bonds is 6. The lowest BCUT2D eigenvalue weighted by atomic mass is 10.1. The standard InChI is InChI=1S/C19H25NO/c1-14(2)13-21-19-8-6-5-7-18(19)20-12-17-10-15(3)9-16(4)11-17/h5-11,14,20H,12-13H2,1-4H3. The lowest BCUT2D eigenvalue weighted by molar-refractivity contribution is 0.272. The van der Waals surface area contributed by atoms with Gasteiger partial charge in [-0.1, -0.05) is 55.3 Å². The van der Waals surface area contributed by atoms with Gasteiger partial charge in [-0.25, -0.2) is 0 Å². The van der Waals surface area contributed by atoms with Crippen LogP contribution in [-0.2, 0) is 6.54 Å². The maximum absolute atomic E-state index is 5.87. The van der Waals surface area contributed by atoms with Gasteiger partial charge in [-0.2, -0.15) is 0 Å². The van der Waals surface area contributed by atoms with Crippen molar-refractivity contribution in [3.05, 3.63) is 59.2 Å². The van der Waals surface area contributed by atoms with Crippen LogP contribution in [0.15, 0.2) is 42.5 Å². The van der Waals surface area contributed by atoms with E-state index in [0.29, 0.717) is 5.92 Å². The van der Waals surface area contributed by atoms with E-state index in [1.807, 2.05) is 18.2 Å². The second kappa shape index (κ2) is 7.16. The number of hydrogen-bond acceptors (Lipinski definition) is 2. The van der Waals surface area contributed by atoms with Crippen molar-refractivity contribution in [3.63, 3.8) is 0 Å². The van der Waals surface area contributed by atoms with Crippen molar-refractivity contribution in [1.82, 2.24) is 0 Å². The topological polar surface area (TPSA) is 21.3 Å². The number of nitrogens with one attached hydrogen (secondary N) is 1. The Morgan fingerprint density at radius 3 is 2.33 bits per heavy atom. The van der Waals surface area contributed by atoms with Gasteiger partial charge in [0.25, 0.3) is 0 Å². The van der Waals surface area contributed by atoms with Crippen LogP contribution >= 0.6 is 0 Å². The van der Waals surface area contributed by atoms with Crippen molar-refractivity contribution in [2.45, 2.75) is 34.2 Å². The number of benzene rings is 2. The lowest BCUT2D eigenvalue weighted by Crippen LogP contribution is -2.07. The second-order valence-corrected chi connectivity index (χ2v) is 6.05. The van der Waals surface area contributed by atoms with Crippen LogP contribution in [0.1, 0.15) is 30.5 Å². The summed E-state index contributed by atoms with van der Waals surface area (Å²) in [6.45, 7) is 10.1. The highest BCUT2D eigenvalue weighted by atomic mass is 16.5. The third-order valence-electron chi connectivity index (χ3n) is 3.22. The van der Waals surface area contributed by atoms with E-state index in [-0.39, 0.29) is 0 Å². The van der Waals surface area contributed by atoms with E-state index >= 15 is 0 Å². The van der Waals surface area contributed by atoms with Crippen LogP contribution in [-0.4, -0.2) is 6.61 Å². The number of aryl methyl sites for hydroxylation is 2. The van der Waals surface area contributed by atoms with Gasteiger partial charge in [0.15, 0.2) is 0 Å². The van der Waals surface area contributed by atoms with Crippen molar-refractivity contribution >= 4 is 5.69 Å². The molecule has 0 bridgehead atoms. The Morgan fingerprint density at radius 2 is 1.67 bits per heavy atom. The average Bonchev–Trinajstić information content (AvgIpc) is 2.42. The Balaban J connectivity index is 2.05. The molecule has 1 N–H and O–H groups in total. The number of para-hydroxylation sites is 2. The number of anilines is 1. The average molecular weight is 283 g/mol. The molecule has 0 saturated carbocycles. The molecular formula is C19H25NO. The normalized spacial score (nSPS) is 10.7. The zero-order valence-electron chi connectivity index (χ0n) is 13.4. The molecule has 0 amide bonds. The van der Waals surface area contributed by atoms with Gasteiger partial charge in [0.2, 0.25) is 0 Å². The predicted octanol–water partition coefficient (Wildman–Crippen LogP) is 4.95. The Bertz CT molecular complexity index is 570. The minimum absolute atomic E-state index is 0.525. The highest BCUT2D eigenvalue weighted by Crippen LogP contribution is 2.25. The molecule has 0 aliphatic heterocycles. The molecule has 21 heavy (non-hydrogen) atoms. The molecule has 0 aliphatic rings. The van der Waals surface area contributed by atoms with E-state index in [0.717, 1.165) is 24.6 Å². The van der Waals surface area contributed by atoms with Gasteiger partial charge in [0.1, 0.15) is 5.75 Å². The Kier molecular flexibility index (Phi) is 5.26. The molecule has 0 aromatic heterocycles. The summed E-state index contributed by atoms with van der Waals surface area (Å²) in [6, 6.07) is 14.8. The van der Waals surface area contributed by atoms with E-state index in [2.05, 4.69) is 57.3 Å². The monoisotopic (exact) mass is 283 g/mol. The molecule has 0 aliphatic carbocycles. The molecule has 0 atom stereocenters. The van der Waals surface area contributed by atoms with Gasteiger partial charge < -0.3 is 10.1 Å². The first-order valence-corrected chi connectivity index (χ1v) is 7.57. The number of ether oxygens (including phenoxy) is 1. The highest BCUT2D eigenvalue weighted by Gasteiger charge is 2.04. The fourth-order valence-electron chi connectivity index (χ4n) is 2.36. The maximum atomic E-state index is 5.87. The van der Waals surface area contributed by atoms with E-state index in [1.54, 1.807) is 0 Å². The van der Waals surface area contributed by atoms with Crippen LogP contribution in [0.25, 0.3) is 0 Å². The Morgan fingerprint density at radius 1 is 1.00 bits per heavy atom. The summed E-state index contributed by atoms with van der Waals surface area (Å²) in [5, 5.41) is 3.48. The molecule has 0 fully saturated rings. The van der Waals surface area contributed by atoms with Crippen molar-refractivity contribution in [3.8, 4) is 5.75 Å². The van der Waals surface area contributed by atoms with Gasteiger partial charge in [-0.15, -0.1) is 0 Å². The molecule has 2 heteroatoms. The fourth-order valence-corrected chi connectivity index (χ4v) is 2.36. The molecule has 0 saturated heterocycles. The van der Waals surface area contributed by atoms with E-state index in [9.17, 15) is 0 Å². The van der Waals surface area contributed by atoms with Gasteiger partial charge in [-0.3, -0.25) is 0 Å². The zero-order valence-corrected chi connectivity index (χ0v) is 13.4. The fraction of sp³-hybridized carbons (Fsp3) is 0.368. The smallest absolute Gasteiger partial charge is 0.142 e. The van der Waals surface area contributed by atoms with Crippen molar-refractivity contribution in [1.29, 1.82) is 0 Å². The Hall–Kier alpha value is -1.96. The zero-order chi connectivity index (χ0) is 15.2. The molecule has 0 unspecified atom stereocenters. The van der Waals surface area contributed by atoms with Crippen molar-refractivity contribution in [2.24, 2.45) is 5.92 Å². The van der Waals surface area contributed by atoms with Crippen LogP contribution in [0, 0.1) is 19.8 Å². The van der Waals surface area contributed by atoms with Gasteiger partial charge in [0.05, 0.1) is 12.3 Å². The summed E-state index contributed by atoms with van der Waals surface area (Å²) in [6.07, 6.45) is 0. The first-order chi connectivity index (χ1) is 10.0. The third kappa shape index (κ3) is 4.82. The molecule has 0 radical (unpaired) electrons. The first kappa shape index (κ1) is 15.4. The van der Waals surface area contributed by atoms with Crippen LogP contribution < -0.4 is 10.1 Å². The van der Waals surface area contributed by atoms with Crippen LogP contribution in [0.4, 0.5) is 5.69 Å². The predicted molar refractivity (Wildman–Crippen MR) is 90.0 cm³/mol. The van der Waals surface area contributed by atoms with Gasteiger partial charge in [0, 0.05) is 6.54 Å². The van der Waals surface area contributed by atoms with Gasteiger partial charge in [-0.05, 0) is 37.5 Å². The van der Waals surface area contributed by atoms with Crippen molar-refractivity contribution in [2.75, 3.05) is 11.9 Å². The molecule has 2 aromatic rings. The molecule has 2 nitrogen and oxygen atoms in total. The first-order valence-electron chi connectivity index (χ1n) is 7.57. The minimum Gasteiger partial charge on any atom is -0.491 e. The Labute approximate surface area is 128 Å². The minimum atomic E-state index is 0.525. The highest BCUT2D eigenvalue weighted by molar-refractivity contribution is 5.56. The molecule has 2 rings (SSSR count). The summed E-state index contributed by atoms with van der Waals surface area (Å²) in [5.74, 6) is 1.45. The summed E-state index contributed by atoms with van der Waals surface area (Å²) in [4.78, 5) is 0. The van der Waals surface area contributed by atoms with E-state index < -0.39 is 0 Å². The molecule has 0 heterocycles. The summed E-state index contributed by atoms with van der Waals surface area (Å²) < 4.78 is 5.87. The van der Waals surface area contributed by atoms with Crippen LogP contribution in [0.2, 0.25) is 0 Å².